The van der Waals surface area contributed by atoms with Gasteiger partial charge in [-0.25, -0.2) is 14.3 Å². The number of pyridine rings is 1. The zero-order chi connectivity index (χ0) is 23.3. The topological polar surface area (TPSA) is 92.5 Å². The third kappa shape index (κ3) is 5.62. The minimum atomic E-state index is -4.49. The Labute approximate surface area is 183 Å². The molecule has 2 heterocycles. The van der Waals surface area contributed by atoms with Gasteiger partial charge in [-0.2, -0.15) is 13.2 Å². The van der Waals surface area contributed by atoms with Crippen LogP contribution < -0.4 is 4.74 Å². The van der Waals surface area contributed by atoms with Gasteiger partial charge in [0.25, 0.3) is 0 Å². The molecule has 0 spiro atoms. The maximum Gasteiger partial charge on any atom is 0.422 e. The number of halogens is 3. The summed E-state index contributed by atoms with van der Waals surface area (Å²) in [4.78, 5) is 21.1. The summed E-state index contributed by atoms with van der Waals surface area (Å²) in [5.41, 5.74) is 1.42. The van der Waals surface area contributed by atoms with E-state index in [9.17, 15) is 22.2 Å². The second-order valence-corrected chi connectivity index (χ2v) is 7.95. The van der Waals surface area contributed by atoms with E-state index in [0.717, 1.165) is 4.57 Å². The molecule has 172 valence electrons. The van der Waals surface area contributed by atoms with E-state index in [1.165, 1.54) is 26.3 Å². The molecule has 0 amide bonds. The number of methoxy groups -OCH3 is 1. The molecule has 0 aliphatic rings. The Morgan fingerprint density at radius 3 is 2.66 bits per heavy atom. The number of fused-ring (bicyclic) bond motifs is 1. The largest absolute Gasteiger partial charge is 0.484 e. The molecule has 0 aliphatic heterocycles. The normalized spacial score (nSPS) is 12.7. The molecule has 32 heavy (non-hydrogen) atoms. The molecule has 0 aliphatic carbocycles. The van der Waals surface area contributed by atoms with Crippen molar-refractivity contribution in [1.82, 2.24) is 14.5 Å². The fourth-order valence-corrected chi connectivity index (χ4v) is 4.06. The van der Waals surface area contributed by atoms with Crippen LogP contribution in [0.1, 0.15) is 11.3 Å². The molecule has 3 rings (SSSR count). The van der Waals surface area contributed by atoms with Crippen molar-refractivity contribution in [3.05, 3.63) is 47.8 Å². The van der Waals surface area contributed by atoms with Crippen LogP contribution in [-0.4, -0.2) is 57.9 Å². The van der Waals surface area contributed by atoms with Gasteiger partial charge in [0.15, 0.2) is 6.61 Å². The van der Waals surface area contributed by atoms with E-state index < -0.39 is 29.7 Å². The summed E-state index contributed by atoms with van der Waals surface area (Å²) < 4.78 is 66.6. The number of ether oxygens (including phenoxy) is 3. The van der Waals surface area contributed by atoms with Crippen LogP contribution in [-0.2, 0) is 26.0 Å². The van der Waals surface area contributed by atoms with E-state index in [1.54, 1.807) is 24.3 Å². The third-order valence-electron chi connectivity index (χ3n) is 4.35. The number of carbonyl (C=O) groups is 1. The number of imidazole rings is 1. The van der Waals surface area contributed by atoms with Crippen LogP contribution in [0.2, 0.25) is 0 Å². The van der Waals surface area contributed by atoms with Crippen molar-refractivity contribution in [2.75, 3.05) is 26.9 Å². The summed E-state index contributed by atoms with van der Waals surface area (Å²) in [6.45, 7) is 0.245. The minimum Gasteiger partial charge on any atom is -0.484 e. The molecule has 0 fully saturated rings. The lowest BCUT2D eigenvalue weighted by Crippen LogP contribution is -2.20. The first-order chi connectivity index (χ1) is 15.2. The molecule has 0 saturated carbocycles. The van der Waals surface area contributed by atoms with Gasteiger partial charge >= 0.3 is 12.3 Å². The van der Waals surface area contributed by atoms with Crippen LogP contribution in [0.3, 0.4) is 0 Å². The fourth-order valence-electron chi connectivity index (χ4n) is 2.82. The van der Waals surface area contributed by atoms with Crippen LogP contribution in [0.4, 0.5) is 18.0 Å². The second kappa shape index (κ2) is 10.1. The van der Waals surface area contributed by atoms with Gasteiger partial charge in [-0.1, -0.05) is 12.1 Å². The van der Waals surface area contributed by atoms with Crippen molar-refractivity contribution >= 4 is 27.9 Å². The summed E-state index contributed by atoms with van der Waals surface area (Å²) in [6, 6.07) is 8.01. The summed E-state index contributed by atoms with van der Waals surface area (Å²) in [5.74, 6) is -0.208. The number of hydrogen-bond donors (Lipinski definition) is 0. The van der Waals surface area contributed by atoms with E-state index in [-0.39, 0.29) is 35.6 Å². The van der Waals surface area contributed by atoms with Gasteiger partial charge in [-0.15, -0.1) is 0 Å². The molecule has 1 aromatic carbocycles. The molecule has 8 nitrogen and oxygen atoms in total. The first-order valence-corrected chi connectivity index (χ1v) is 10.7. The van der Waals surface area contributed by atoms with E-state index in [0.29, 0.717) is 16.6 Å². The van der Waals surface area contributed by atoms with Crippen molar-refractivity contribution < 1.29 is 36.4 Å². The molecule has 1 unspecified atom stereocenters. The lowest BCUT2D eigenvalue weighted by Gasteiger charge is -2.13. The lowest BCUT2D eigenvalue weighted by atomic mass is 10.2. The quantitative estimate of drug-likeness (QED) is 0.464. The smallest absolute Gasteiger partial charge is 0.422 e. The molecule has 0 radical (unpaired) electrons. The molecule has 0 saturated heterocycles. The predicted octanol–water partition coefficient (Wildman–Crippen LogP) is 3.62. The van der Waals surface area contributed by atoms with Crippen LogP contribution in [0.25, 0.3) is 11.0 Å². The zero-order valence-electron chi connectivity index (χ0n) is 17.2. The van der Waals surface area contributed by atoms with Gasteiger partial charge in [-0.05, 0) is 25.1 Å². The van der Waals surface area contributed by atoms with Gasteiger partial charge in [0, 0.05) is 18.9 Å². The van der Waals surface area contributed by atoms with E-state index in [4.69, 9.17) is 14.2 Å². The SMILES string of the molecule is COCCOC(=O)n1c(S(=O)Cc2nccc(OCC(F)(F)F)c2C)nc2ccccc21. The summed E-state index contributed by atoms with van der Waals surface area (Å²) in [5, 5.41) is -0.0589. The second-order valence-electron chi connectivity index (χ2n) is 6.60. The highest BCUT2D eigenvalue weighted by atomic mass is 32.2. The van der Waals surface area contributed by atoms with E-state index in [2.05, 4.69) is 9.97 Å². The highest BCUT2D eigenvalue weighted by molar-refractivity contribution is 7.84. The number of rotatable bonds is 8. The lowest BCUT2D eigenvalue weighted by molar-refractivity contribution is -0.153. The Hall–Kier alpha value is -2.99. The van der Waals surface area contributed by atoms with Crippen molar-refractivity contribution in [1.29, 1.82) is 0 Å². The first kappa shape index (κ1) is 23.7. The molecule has 12 heteroatoms. The van der Waals surface area contributed by atoms with Crippen LogP contribution >= 0.6 is 0 Å². The number of para-hydroxylation sites is 2. The number of hydrogen-bond acceptors (Lipinski definition) is 7. The van der Waals surface area contributed by atoms with Gasteiger partial charge < -0.3 is 14.2 Å². The number of benzene rings is 1. The van der Waals surface area contributed by atoms with Gasteiger partial charge in [0.2, 0.25) is 5.16 Å². The van der Waals surface area contributed by atoms with Crippen molar-refractivity contribution in [2.45, 2.75) is 24.0 Å². The van der Waals surface area contributed by atoms with E-state index in [1.807, 2.05) is 0 Å². The molecule has 0 N–H and O–H groups in total. The summed E-state index contributed by atoms with van der Waals surface area (Å²) in [6.07, 6.45) is -3.99. The molecule has 3 aromatic rings. The van der Waals surface area contributed by atoms with Crippen molar-refractivity contribution in [3.8, 4) is 5.75 Å². The number of aromatic nitrogens is 3. The zero-order valence-corrected chi connectivity index (χ0v) is 18.0. The number of alkyl halides is 3. The van der Waals surface area contributed by atoms with Gasteiger partial charge in [0.1, 0.15) is 12.4 Å². The molecular formula is C20H20F3N3O5S. The monoisotopic (exact) mass is 471 g/mol. The molecule has 0 bridgehead atoms. The Balaban J connectivity index is 1.89. The van der Waals surface area contributed by atoms with E-state index >= 15 is 0 Å². The summed E-state index contributed by atoms with van der Waals surface area (Å²) >= 11 is 0. The van der Waals surface area contributed by atoms with Crippen LogP contribution in [0, 0.1) is 6.92 Å². The van der Waals surface area contributed by atoms with Crippen molar-refractivity contribution in [2.24, 2.45) is 0 Å². The Morgan fingerprint density at radius 1 is 1.19 bits per heavy atom. The average Bonchev–Trinajstić information content (AvgIpc) is 3.13. The minimum absolute atomic E-state index is 0.00678. The van der Waals surface area contributed by atoms with Crippen molar-refractivity contribution in [3.63, 3.8) is 0 Å². The maximum absolute atomic E-state index is 13.2. The summed E-state index contributed by atoms with van der Waals surface area (Å²) in [7, 11) is -0.405. The van der Waals surface area contributed by atoms with Gasteiger partial charge in [0.05, 0.1) is 39.9 Å². The number of nitrogens with zero attached hydrogens (tertiary/aromatic N) is 3. The highest BCUT2D eigenvalue weighted by Gasteiger charge is 2.29. The number of carbonyl (C=O) groups excluding carboxylic acids is 1. The predicted molar refractivity (Wildman–Crippen MR) is 109 cm³/mol. The first-order valence-electron chi connectivity index (χ1n) is 9.37. The Kier molecular flexibility index (Phi) is 7.46. The fraction of sp³-hybridized carbons (Fsp3) is 0.350. The maximum atomic E-state index is 13.2. The van der Waals surface area contributed by atoms with Crippen LogP contribution in [0.15, 0.2) is 41.7 Å². The molecule has 2 aromatic heterocycles. The van der Waals surface area contributed by atoms with Gasteiger partial charge in [-0.3, -0.25) is 9.19 Å². The third-order valence-corrected chi connectivity index (χ3v) is 5.56. The Morgan fingerprint density at radius 2 is 1.94 bits per heavy atom. The van der Waals surface area contributed by atoms with Crippen LogP contribution in [0.5, 0.6) is 5.75 Å². The highest BCUT2D eigenvalue weighted by Crippen LogP contribution is 2.26. The standard InChI is InChI=1S/C20H20F3N3O5S/c1-13-15(24-8-7-17(13)31-12-20(21,22)23)11-32(28)18-25-14-5-3-4-6-16(14)26(18)19(27)30-10-9-29-2/h3-8H,9-12H2,1-2H3. The Bertz CT molecular complexity index is 1130. The molecular weight excluding hydrogens is 451 g/mol. The average molecular weight is 471 g/mol. The molecule has 1 atom stereocenters.